The van der Waals surface area contributed by atoms with Gasteiger partial charge in [-0.1, -0.05) is 6.92 Å². The van der Waals surface area contributed by atoms with Crippen molar-refractivity contribution in [2.75, 3.05) is 24.6 Å². The zero-order valence-corrected chi connectivity index (χ0v) is 10.7. The van der Waals surface area contributed by atoms with Crippen LogP contribution >= 0.6 is 11.6 Å². The van der Waals surface area contributed by atoms with Gasteiger partial charge in [-0.25, -0.2) is 0 Å². The van der Waals surface area contributed by atoms with Gasteiger partial charge in [-0.05, 0) is 31.9 Å². The van der Waals surface area contributed by atoms with Crippen molar-refractivity contribution in [3.63, 3.8) is 0 Å². The van der Waals surface area contributed by atoms with Gasteiger partial charge in [0.15, 0.2) is 0 Å². The lowest BCUT2D eigenvalue weighted by Crippen LogP contribution is -2.24. The summed E-state index contributed by atoms with van der Waals surface area (Å²) < 4.78 is 5.34. The summed E-state index contributed by atoms with van der Waals surface area (Å²) in [6.07, 6.45) is 0.907. The molecule has 1 rings (SSSR count). The molecule has 5 nitrogen and oxygen atoms in total. The monoisotopic (exact) mass is 244 g/mol. The van der Waals surface area contributed by atoms with E-state index < -0.39 is 0 Å². The number of halogens is 1. The Balaban J connectivity index is 2.88. The van der Waals surface area contributed by atoms with Crippen LogP contribution in [-0.4, -0.2) is 34.6 Å². The molecule has 0 spiro atoms. The number of hydrogen-bond donors (Lipinski definition) is 0. The lowest BCUT2D eigenvalue weighted by Gasteiger charge is -2.18. The normalized spacial score (nSPS) is 10.2. The van der Waals surface area contributed by atoms with Crippen molar-refractivity contribution in [3.05, 3.63) is 5.28 Å². The van der Waals surface area contributed by atoms with Crippen molar-refractivity contribution in [1.29, 1.82) is 0 Å². The van der Waals surface area contributed by atoms with Crippen molar-refractivity contribution in [1.82, 2.24) is 15.0 Å². The van der Waals surface area contributed by atoms with Crippen LogP contribution in [0.4, 0.5) is 5.95 Å². The summed E-state index contributed by atoms with van der Waals surface area (Å²) in [4.78, 5) is 14.2. The molecule has 1 aromatic rings. The van der Waals surface area contributed by atoms with Crippen LogP contribution in [0.5, 0.6) is 6.01 Å². The van der Waals surface area contributed by atoms with Gasteiger partial charge in [0.05, 0.1) is 6.61 Å². The molecule has 0 saturated carbocycles. The van der Waals surface area contributed by atoms with Gasteiger partial charge < -0.3 is 9.64 Å². The Labute approximate surface area is 101 Å². The molecule has 0 atom stereocenters. The van der Waals surface area contributed by atoms with Crippen LogP contribution in [0.2, 0.25) is 5.28 Å². The summed E-state index contributed by atoms with van der Waals surface area (Å²) in [5.74, 6) is 0.566. The highest BCUT2D eigenvalue weighted by atomic mass is 35.5. The Hall–Kier alpha value is -1.10. The molecule has 16 heavy (non-hydrogen) atoms. The van der Waals surface area contributed by atoms with Gasteiger partial charge in [0.25, 0.3) is 0 Å². The topological polar surface area (TPSA) is 51.1 Å². The van der Waals surface area contributed by atoms with Gasteiger partial charge in [-0.3, -0.25) is 0 Å². The van der Waals surface area contributed by atoms with Gasteiger partial charge in [0.2, 0.25) is 11.2 Å². The fraction of sp³-hybridized carbons (Fsp3) is 0.700. The first-order chi connectivity index (χ1) is 7.71. The Bertz CT molecular complexity index is 331. The van der Waals surface area contributed by atoms with E-state index in [2.05, 4.69) is 15.0 Å². The zero-order chi connectivity index (χ0) is 12.0. The van der Waals surface area contributed by atoms with E-state index in [1.165, 1.54) is 0 Å². The highest BCUT2D eigenvalue weighted by Gasteiger charge is 2.10. The quantitative estimate of drug-likeness (QED) is 0.768. The number of hydrogen-bond acceptors (Lipinski definition) is 5. The first-order valence-corrected chi connectivity index (χ1v) is 5.88. The minimum Gasteiger partial charge on any atom is -0.463 e. The Morgan fingerprint density at radius 3 is 2.38 bits per heavy atom. The van der Waals surface area contributed by atoms with Crippen LogP contribution in [0.15, 0.2) is 0 Å². The fourth-order valence-corrected chi connectivity index (χ4v) is 1.38. The Morgan fingerprint density at radius 1 is 1.12 bits per heavy atom. The number of rotatable bonds is 6. The lowest BCUT2D eigenvalue weighted by atomic mass is 10.5. The maximum absolute atomic E-state index is 5.82. The van der Waals surface area contributed by atoms with E-state index in [0.717, 1.165) is 19.5 Å². The molecule has 0 amide bonds. The Kier molecular flexibility index (Phi) is 5.25. The number of nitrogens with zero attached hydrogens (tertiary/aromatic N) is 4. The predicted octanol–water partition coefficient (Wildman–Crippen LogP) is 2.16. The minimum absolute atomic E-state index is 0.169. The third-order valence-corrected chi connectivity index (χ3v) is 2.23. The third-order valence-electron chi connectivity index (χ3n) is 2.06. The third kappa shape index (κ3) is 3.48. The van der Waals surface area contributed by atoms with E-state index in [4.69, 9.17) is 16.3 Å². The van der Waals surface area contributed by atoms with Crippen molar-refractivity contribution in [3.8, 4) is 6.01 Å². The summed E-state index contributed by atoms with van der Waals surface area (Å²) in [5.41, 5.74) is 0. The van der Waals surface area contributed by atoms with Gasteiger partial charge in [-0.2, -0.15) is 15.0 Å². The highest BCUT2D eigenvalue weighted by molar-refractivity contribution is 6.28. The largest absolute Gasteiger partial charge is 0.463 e. The number of ether oxygens (including phenoxy) is 1. The lowest BCUT2D eigenvalue weighted by molar-refractivity contribution is 0.291. The molecule has 1 aromatic heterocycles. The summed E-state index contributed by atoms with van der Waals surface area (Å²) in [6, 6.07) is 0.295. The molecule has 0 unspecified atom stereocenters. The zero-order valence-electron chi connectivity index (χ0n) is 9.90. The van der Waals surface area contributed by atoms with E-state index in [1.54, 1.807) is 0 Å². The van der Waals surface area contributed by atoms with Crippen LogP contribution < -0.4 is 9.64 Å². The van der Waals surface area contributed by atoms with Crippen molar-refractivity contribution in [2.24, 2.45) is 0 Å². The van der Waals surface area contributed by atoms with E-state index >= 15 is 0 Å². The predicted molar refractivity (Wildman–Crippen MR) is 64.2 cm³/mol. The second-order valence-electron chi connectivity index (χ2n) is 3.21. The second kappa shape index (κ2) is 6.48. The molecule has 90 valence electrons. The van der Waals surface area contributed by atoms with E-state index in [1.807, 2.05) is 25.7 Å². The molecule has 0 N–H and O–H groups in total. The molecule has 0 aliphatic carbocycles. The molecule has 0 bridgehead atoms. The average Bonchev–Trinajstić information content (AvgIpc) is 2.27. The molecule has 1 heterocycles. The molecule has 0 aliphatic rings. The SMILES string of the molecule is CCCOc1nc(Cl)nc(N(CC)CC)n1. The van der Waals surface area contributed by atoms with E-state index in [9.17, 15) is 0 Å². The molecule has 0 radical (unpaired) electrons. The van der Waals surface area contributed by atoms with Gasteiger partial charge in [0, 0.05) is 13.1 Å². The molecule has 6 heteroatoms. The maximum Gasteiger partial charge on any atom is 0.322 e. The summed E-state index contributed by atoms with van der Waals surface area (Å²) in [6.45, 7) is 8.32. The minimum atomic E-state index is 0.169. The smallest absolute Gasteiger partial charge is 0.322 e. The average molecular weight is 245 g/mol. The van der Waals surface area contributed by atoms with Gasteiger partial charge in [-0.15, -0.1) is 0 Å². The van der Waals surface area contributed by atoms with E-state index in [-0.39, 0.29) is 5.28 Å². The molecule has 0 saturated heterocycles. The fourth-order valence-electron chi connectivity index (χ4n) is 1.23. The number of anilines is 1. The molecular formula is C10H17ClN4O. The molecule has 0 aromatic carbocycles. The van der Waals surface area contributed by atoms with Crippen molar-refractivity contribution >= 4 is 17.5 Å². The first kappa shape index (κ1) is 13.0. The van der Waals surface area contributed by atoms with E-state index in [0.29, 0.717) is 18.6 Å². The molecular weight excluding hydrogens is 228 g/mol. The highest BCUT2D eigenvalue weighted by Crippen LogP contribution is 2.14. The van der Waals surface area contributed by atoms with Crippen LogP contribution in [0.25, 0.3) is 0 Å². The maximum atomic E-state index is 5.82. The first-order valence-electron chi connectivity index (χ1n) is 5.50. The summed E-state index contributed by atoms with van der Waals surface area (Å²) >= 11 is 5.82. The summed E-state index contributed by atoms with van der Waals surface area (Å²) in [7, 11) is 0. The van der Waals surface area contributed by atoms with Crippen molar-refractivity contribution in [2.45, 2.75) is 27.2 Å². The summed E-state index contributed by atoms with van der Waals surface area (Å²) in [5, 5.41) is 0.169. The van der Waals surface area contributed by atoms with Gasteiger partial charge >= 0.3 is 6.01 Å². The standard InChI is InChI=1S/C10H17ClN4O/c1-4-7-16-10-13-8(11)12-9(14-10)15(5-2)6-3/h4-7H2,1-3H3. The van der Waals surface area contributed by atoms with Crippen LogP contribution in [0, 0.1) is 0 Å². The van der Waals surface area contributed by atoms with Crippen LogP contribution in [-0.2, 0) is 0 Å². The second-order valence-corrected chi connectivity index (χ2v) is 3.55. The van der Waals surface area contributed by atoms with Crippen LogP contribution in [0.3, 0.4) is 0 Å². The van der Waals surface area contributed by atoms with Crippen molar-refractivity contribution < 1.29 is 4.74 Å². The van der Waals surface area contributed by atoms with Crippen LogP contribution in [0.1, 0.15) is 27.2 Å². The van der Waals surface area contributed by atoms with Gasteiger partial charge in [0.1, 0.15) is 0 Å². The number of aromatic nitrogens is 3. The molecule has 0 fully saturated rings. The Morgan fingerprint density at radius 2 is 1.81 bits per heavy atom. The molecule has 0 aliphatic heterocycles.